The molecule has 0 bridgehead atoms. The number of nitrogens with one attached hydrogen (secondary N) is 1. The molecule has 8 heteroatoms. The quantitative estimate of drug-likeness (QED) is 0.368. The highest BCUT2D eigenvalue weighted by molar-refractivity contribution is 14.0. The van der Waals surface area contributed by atoms with E-state index in [4.69, 9.17) is 0 Å². The third-order valence-electron chi connectivity index (χ3n) is 4.75. The fourth-order valence-electron chi connectivity index (χ4n) is 3.33. The van der Waals surface area contributed by atoms with Gasteiger partial charge in [-0.2, -0.15) is 13.2 Å². The van der Waals surface area contributed by atoms with Crippen molar-refractivity contribution in [2.45, 2.75) is 32.5 Å². The second kappa shape index (κ2) is 11.1. The molecule has 0 aliphatic carbocycles. The Hall–Kier alpha value is -1.03. The van der Waals surface area contributed by atoms with E-state index >= 15 is 0 Å². The SMILES string of the molecule is CCc1ccc(CN(C)C(=NC)NCC2CCN(CC(F)(F)F)C2)cc1.I. The van der Waals surface area contributed by atoms with Crippen molar-refractivity contribution in [3.05, 3.63) is 35.4 Å². The standard InChI is InChI=1S/C19H29F3N4.HI/c1-4-15-5-7-16(8-6-15)12-25(3)18(23-2)24-11-17-9-10-26(13-17)14-19(20,21)22;/h5-8,17H,4,9-14H2,1-3H3,(H,23,24);1H. The molecule has 1 aliphatic heterocycles. The molecule has 1 aromatic carbocycles. The van der Waals surface area contributed by atoms with E-state index in [1.165, 1.54) is 16.0 Å². The van der Waals surface area contributed by atoms with Crippen molar-refractivity contribution in [2.75, 3.05) is 40.3 Å². The molecule has 1 heterocycles. The Bertz CT molecular complexity index is 590. The average molecular weight is 498 g/mol. The number of likely N-dealkylation sites (tertiary alicyclic amines) is 1. The molecule has 0 saturated carbocycles. The summed E-state index contributed by atoms with van der Waals surface area (Å²) < 4.78 is 37.4. The van der Waals surface area contributed by atoms with Crippen LogP contribution in [0.25, 0.3) is 0 Å². The summed E-state index contributed by atoms with van der Waals surface area (Å²) in [5.41, 5.74) is 2.51. The molecule has 1 fully saturated rings. The molecule has 0 aromatic heterocycles. The maximum atomic E-state index is 12.5. The first-order valence-electron chi connectivity index (χ1n) is 9.09. The molecule has 4 nitrogen and oxygen atoms in total. The van der Waals surface area contributed by atoms with Gasteiger partial charge in [0.2, 0.25) is 0 Å². The van der Waals surface area contributed by atoms with Crippen molar-refractivity contribution in [1.82, 2.24) is 15.1 Å². The van der Waals surface area contributed by atoms with Gasteiger partial charge in [0.25, 0.3) is 0 Å². The Morgan fingerprint density at radius 3 is 2.44 bits per heavy atom. The van der Waals surface area contributed by atoms with Gasteiger partial charge in [0, 0.05) is 33.7 Å². The molecular weight excluding hydrogens is 468 g/mol. The summed E-state index contributed by atoms with van der Waals surface area (Å²) in [6.07, 6.45) is -2.32. The summed E-state index contributed by atoms with van der Waals surface area (Å²) in [6.45, 7) is 3.67. The Kier molecular flexibility index (Phi) is 9.86. The lowest BCUT2D eigenvalue weighted by molar-refractivity contribution is -0.143. The number of alkyl halides is 3. The molecule has 1 saturated heterocycles. The highest BCUT2D eigenvalue weighted by atomic mass is 127. The largest absolute Gasteiger partial charge is 0.401 e. The molecule has 27 heavy (non-hydrogen) atoms. The van der Waals surface area contributed by atoms with Crippen molar-refractivity contribution in [1.29, 1.82) is 0 Å². The van der Waals surface area contributed by atoms with Crippen LogP contribution in [0.4, 0.5) is 13.2 Å². The maximum Gasteiger partial charge on any atom is 0.401 e. The van der Waals surface area contributed by atoms with Crippen LogP contribution < -0.4 is 5.32 Å². The third-order valence-corrected chi connectivity index (χ3v) is 4.75. The Morgan fingerprint density at radius 1 is 1.26 bits per heavy atom. The molecule has 0 amide bonds. The fraction of sp³-hybridized carbons (Fsp3) is 0.632. The minimum absolute atomic E-state index is 0. The lowest BCUT2D eigenvalue weighted by Crippen LogP contribution is -2.41. The van der Waals surface area contributed by atoms with Gasteiger partial charge in [-0.15, -0.1) is 24.0 Å². The van der Waals surface area contributed by atoms with E-state index in [0.717, 1.165) is 25.3 Å². The number of hydrogen-bond donors (Lipinski definition) is 1. The lowest BCUT2D eigenvalue weighted by Gasteiger charge is -2.24. The molecule has 1 N–H and O–H groups in total. The van der Waals surface area contributed by atoms with Gasteiger partial charge in [0.05, 0.1) is 6.54 Å². The second-order valence-corrected chi connectivity index (χ2v) is 6.96. The van der Waals surface area contributed by atoms with E-state index in [1.807, 2.05) is 11.9 Å². The van der Waals surface area contributed by atoms with Crippen molar-refractivity contribution in [2.24, 2.45) is 10.9 Å². The summed E-state index contributed by atoms with van der Waals surface area (Å²) >= 11 is 0. The zero-order valence-corrected chi connectivity index (χ0v) is 18.6. The monoisotopic (exact) mass is 498 g/mol. The molecule has 1 atom stereocenters. The number of nitrogens with zero attached hydrogens (tertiary/aromatic N) is 3. The molecule has 154 valence electrons. The number of aliphatic imine (C=N–C) groups is 1. The number of hydrogen-bond acceptors (Lipinski definition) is 2. The third kappa shape index (κ3) is 8.25. The first kappa shape index (κ1) is 24.0. The molecule has 1 aliphatic rings. The predicted octanol–water partition coefficient (Wildman–Crippen LogP) is 3.76. The molecular formula is C19H30F3IN4. The first-order chi connectivity index (χ1) is 12.3. The van der Waals surface area contributed by atoms with Crippen LogP contribution in [0.2, 0.25) is 0 Å². The van der Waals surface area contributed by atoms with Crippen molar-refractivity contribution in [3.8, 4) is 0 Å². The van der Waals surface area contributed by atoms with E-state index in [2.05, 4.69) is 41.5 Å². The Labute approximate surface area is 177 Å². The highest BCUT2D eigenvalue weighted by Gasteiger charge is 2.34. The first-order valence-corrected chi connectivity index (χ1v) is 9.09. The van der Waals surface area contributed by atoms with Crippen LogP contribution in [0.5, 0.6) is 0 Å². The minimum atomic E-state index is -4.12. The summed E-state index contributed by atoms with van der Waals surface area (Å²) in [5.74, 6) is 0.977. The second-order valence-electron chi connectivity index (χ2n) is 6.96. The van der Waals surface area contributed by atoms with Gasteiger partial charge in [0.1, 0.15) is 0 Å². The summed E-state index contributed by atoms with van der Waals surface area (Å²) in [5, 5.41) is 3.31. The van der Waals surface area contributed by atoms with E-state index in [-0.39, 0.29) is 29.9 Å². The van der Waals surface area contributed by atoms with Crippen LogP contribution in [0, 0.1) is 5.92 Å². The van der Waals surface area contributed by atoms with Gasteiger partial charge < -0.3 is 10.2 Å². The number of halogens is 4. The van der Waals surface area contributed by atoms with Crippen molar-refractivity contribution in [3.63, 3.8) is 0 Å². The minimum Gasteiger partial charge on any atom is -0.356 e. The summed E-state index contributed by atoms with van der Waals surface area (Å²) in [6, 6.07) is 8.50. The molecule has 0 radical (unpaired) electrons. The number of aryl methyl sites for hydroxylation is 1. The molecule has 0 spiro atoms. The van der Waals surface area contributed by atoms with Crippen LogP contribution in [0.3, 0.4) is 0 Å². The summed E-state index contributed by atoms with van der Waals surface area (Å²) in [4.78, 5) is 7.81. The van der Waals surface area contributed by atoms with Gasteiger partial charge in [0.15, 0.2) is 5.96 Å². The van der Waals surface area contributed by atoms with Crippen LogP contribution in [0.15, 0.2) is 29.3 Å². The summed E-state index contributed by atoms with van der Waals surface area (Å²) in [7, 11) is 3.69. The molecule has 1 unspecified atom stereocenters. The van der Waals surface area contributed by atoms with E-state index in [9.17, 15) is 13.2 Å². The van der Waals surface area contributed by atoms with Gasteiger partial charge in [-0.05, 0) is 36.4 Å². The normalized spacial score (nSPS) is 18.3. The zero-order valence-electron chi connectivity index (χ0n) is 16.2. The smallest absolute Gasteiger partial charge is 0.356 e. The predicted molar refractivity (Wildman–Crippen MR) is 115 cm³/mol. The van der Waals surface area contributed by atoms with Gasteiger partial charge in [-0.25, -0.2) is 0 Å². The van der Waals surface area contributed by atoms with Crippen LogP contribution in [-0.4, -0.2) is 62.2 Å². The van der Waals surface area contributed by atoms with Crippen LogP contribution in [-0.2, 0) is 13.0 Å². The van der Waals surface area contributed by atoms with E-state index in [1.54, 1.807) is 7.05 Å². The van der Waals surface area contributed by atoms with Crippen molar-refractivity contribution < 1.29 is 13.2 Å². The number of rotatable bonds is 6. The maximum absolute atomic E-state index is 12.5. The van der Waals surface area contributed by atoms with Crippen LogP contribution >= 0.6 is 24.0 Å². The Balaban J connectivity index is 0.00000364. The van der Waals surface area contributed by atoms with Gasteiger partial charge >= 0.3 is 6.18 Å². The molecule has 2 rings (SSSR count). The van der Waals surface area contributed by atoms with E-state index < -0.39 is 12.7 Å². The Morgan fingerprint density at radius 2 is 1.89 bits per heavy atom. The van der Waals surface area contributed by atoms with Gasteiger partial charge in [-0.1, -0.05) is 31.2 Å². The number of guanidine groups is 1. The zero-order chi connectivity index (χ0) is 19.2. The van der Waals surface area contributed by atoms with Crippen molar-refractivity contribution >= 4 is 29.9 Å². The van der Waals surface area contributed by atoms with Crippen LogP contribution in [0.1, 0.15) is 24.5 Å². The average Bonchev–Trinajstić information content (AvgIpc) is 3.01. The highest BCUT2D eigenvalue weighted by Crippen LogP contribution is 2.22. The molecule has 1 aromatic rings. The lowest BCUT2D eigenvalue weighted by atomic mass is 10.1. The topological polar surface area (TPSA) is 30.9 Å². The number of benzene rings is 1. The van der Waals surface area contributed by atoms with E-state index in [0.29, 0.717) is 19.6 Å². The van der Waals surface area contributed by atoms with Gasteiger partial charge in [-0.3, -0.25) is 9.89 Å². The fourth-order valence-corrected chi connectivity index (χ4v) is 3.33.